The molecule has 2 saturated heterocycles. The lowest BCUT2D eigenvalue weighted by molar-refractivity contribution is -0.138. The van der Waals surface area contributed by atoms with E-state index < -0.39 is 40.1 Å². The van der Waals surface area contributed by atoms with E-state index in [1.807, 2.05) is 32.0 Å². The molecule has 1 N–H and O–H groups in total. The van der Waals surface area contributed by atoms with Gasteiger partial charge in [-0.1, -0.05) is 31.3 Å². The molecule has 5 heterocycles. The molecule has 2 aliphatic rings. The average molecular weight is 584 g/mol. The first-order valence-electron chi connectivity index (χ1n) is 12.9. The van der Waals surface area contributed by atoms with E-state index in [9.17, 15) is 22.8 Å². The van der Waals surface area contributed by atoms with Crippen LogP contribution in [0.2, 0.25) is 0 Å². The molecule has 0 radical (unpaired) electrons. The number of Topliss-reactive ketones (excluding diaryl/α,β-unsaturated/α-hetero) is 1. The highest BCUT2D eigenvalue weighted by Crippen LogP contribution is 2.35. The van der Waals surface area contributed by atoms with Crippen molar-refractivity contribution in [2.75, 3.05) is 13.1 Å². The van der Waals surface area contributed by atoms with E-state index in [4.69, 9.17) is 4.74 Å². The Balaban J connectivity index is 1.29. The fourth-order valence-corrected chi connectivity index (χ4v) is 7.57. The zero-order chi connectivity index (χ0) is 28.4. The number of nitrogens with one attached hydrogen (secondary N) is 1. The molecule has 0 saturated carbocycles. The number of hydrogen-bond acceptors (Lipinski definition) is 9. The van der Waals surface area contributed by atoms with Crippen molar-refractivity contribution in [2.24, 2.45) is 5.92 Å². The molecule has 3 atom stereocenters. The Morgan fingerprint density at radius 1 is 1.15 bits per heavy atom. The van der Waals surface area contributed by atoms with Crippen LogP contribution in [-0.4, -0.2) is 76.6 Å². The summed E-state index contributed by atoms with van der Waals surface area (Å²) in [6.07, 6.45) is 4.23. The lowest BCUT2D eigenvalue weighted by Gasteiger charge is -2.28. The first kappa shape index (κ1) is 27.9. The number of ketones is 1. The van der Waals surface area contributed by atoms with Gasteiger partial charge in [0.15, 0.2) is 10.8 Å². The van der Waals surface area contributed by atoms with Crippen LogP contribution < -0.4 is 10.1 Å². The summed E-state index contributed by atoms with van der Waals surface area (Å²) < 4.78 is 33.1. The molecule has 0 spiro atoms. The van der Waals surface area contributed by atoms with Crippen LogP contribution in [0.25, 0.3) is 10.6 Å². The highest BCUT2D eigenvalue weighted by atomic mass is 32.2. The zero-order valence-electron chi connectivity index (χ0n) is 22.0. The smallest absolute Gasteiger partial charge is 0.399 e. The minimum absolute atomic E-state index is 0.00453. The maximum atomic E-state index is 13.7. The number of likely N-dealkylation sites (tertiary alicyclic amines) is 1. The second-order valence-electron chi connectivity index (χ2n) is 10.1. The number of carbonyl (C=O) groups excluding carboxylic acids is 3. The van der Waals surface area contributed by atoms with E-state index >= 15 is 0 Å². The average Bonchev–Trinajstić information content (AvgIpc) is 3.66. The quantitative estimate of drug-likeness (QED) is 0.427. The number of ether oxygens (including phenoxy) is 1. The highest BCUT2D eigenvalue weighted by molar-refractivity contribution is 7.89. The number of nitrogens with zero attached hydrogens (tertiary/aromatic N) is 4. The van der Waals surface area contributed by atoms with Crippen molar-refractivity contribution in [3.05, 3.63) is 61.1 Å². The van der Waals surface area contributed by atoms with Gasteiger partial charge in [0.1, 0.15) is 17.0 Å². The molecule has 0 aromatic carbocycles. The van der Waals surface area contributed by atoms with Crippen LogP contribution in [0.15, 0.2) is 66.0 Å². The monoisotopic (exact) mass is 583 g/mol. The molecular formula is C27H29N5O6S2. The van der Waals surface area contributed by atoms with E-state index in [-0.39, 0.29) is 29.7 Å². The number of aromatic nitrogens is 2. The lowest BCUT2D eigenvalue weighted by Crippen LogP contribution is -2.53. The summed E-state index contributed by atoms with van der Waals surface area (Å²) in [6, 6.07) is 9.40. The van der Waals surface area contributed by atoms with Crippen molar-refractivity contribution < 1.29 is 27.5 Å². The van der Waals surface area contributed by atoms with Crippen molar-refractivity contribution >= 4 is 39.1 Å². The SMILES string of the molecule is CC(C)CC(NC(=O)Oc1ccc(-c2ccccn2)s1)C(=O)N1CCC2C1C(=O)CN2S(=O)(=O)c1cccnc1. The fourth-order valence-electron chi connectivity index (χ4n) is 5.15. The number of thiophene rings is 1. The summed E-state index contributed by atoms with van der Waals surface area (Å²) in [6.45, 7) is 3.71. The Bertz CT molecular complexity index is 1500. The van der Waals surface area contributed by atoms with Crippen LogP contribution in [0.5, 0.6) is 5.06 Å². The number of hydrogen-bond donors (Lipinski definition) is 1. The molecule has 3 aromatic rings. The third-order valence-corrected chi connectivity index (χ3v) is 9.73. The number of amides is 2. The summed E-state index contributed by atoms with van der Waals surface area (Å²) in [5.41, 5.74) is 0.750. The van der Waals surface area contributed by atoms with Gasteiger partial charge in [-0.05, 0) is 55.2 Å². The summed E-state index contributed by atoms with van der Waals surface area (Å²) in [4.78, 5) is 50.0. The largest absolute Gasteiger partial charge is 0.414 e. The van der Waals surface area contributed by atoms with Crippen molar-refractivity contribution in [1.82, 2.24) is 24.5 Å². The van der Waals surface area contributed by atoms with Crippen LogP contribution in [0, 0.1) is 5.92 Å². The van der Waals surface area contributed by atoms with Gasteiger partial charge in [-0.15, -0.1) is 0 Å². The molecule has 0 bridgehead atoms. The van der Waals surface area contributed by atoms with Gasteiger partial charge in [-0.3, -0.25) is 19.6 Å². The molecule has 0 aliphatic carbocycles. The second-order valence-corrected chi connectivity index (χ2v) is 13.0. The Morgan fingerprint density at radius 2 is 1.98 bits per heavy atom. The van der Waals surface area contributed by atoms with E-state index in [0.29, 0.717) is 17.9 Å². The Kier molecular flexibility index (Phi) is 7.97. The number of sulfonamides is 1. The number of pyridine rings is 2. The number of carbonyl (C=O) groups is 3. The minimum Gasteiger partial charge on any atom is -0.399 e. The topological polar surface area (TPSA) is 139 Å². The van der Waals surface area contributed by atoms with Crippen molar-refractivity contribution in [3.63, 3.8) is 0 Å². The maximum absolute atomic E-state index is 13.7. The van der Waals surface area contributed by atoms with Crippen molar-refractivity contribution in [2.45, 2.75) is 49.7 Å². The predicted molar refractivity (Wildman–Crippen MR) is 147 cm³/mol. The van der Waals surface area contributed by atoms with E-state index in [0.717, 1.165) is 10.6 Å². The second kappa shape index (κ2) is 11.4. The molecule has 5 rings (SSSR count). The highest BCUT2D eigenvalue weighted by Gasteiger charge is 2.54. The molecule has 40 heavy (non-hydrogen) atoms. The van der Waals surface area contributed by atoms with Gasteiger partial charge >= 0.3 is 6.09 Å². The van der Waals surface area contributed by atoms with E-state index in [1.54, 1.807) is 18.3 Å². The van der Waals surface area contributed by atoms with E-state index in [1.165, 1.54) is 45.1 Å². The van der Waals surface area contributed by atoms with Gasteiger partial charge in [-0.2, -0.15) is 4.31 Å². The van der Waals surface area contributed by atoms with Gasteiger partial charge in [-0.25, -0.2) is 13.2 Å². The zero-order valence-corrected chi connectivity index (χ0v) is 23.6. The summed E-state index contributed by atoms with van der Waals surface area (Å²) in [5.74, 6) is -0.741. The Labute approximate surface area is 236 Å². The summed E-state index contributed by atoms with van der Waals surface area (Å²) in [7, 11) is -3.97. The van der Waals surface area contributed by atoms with Gasteiger partial charge in [0.2, 0.25) is 15.9 Å². The normalized spacial score (nSPS) is 20.0. The molecular weight excluding hydrogens is 554 g/mol. The first-order valence-corrected chi connectivity index (χ1v) is 15.2. The third kappa shape index (κ3) is 5.62. The van der Waals surface area contributed by atoms with Crippen molar-refractivity contribution in [1.29, 1.82) is 0 Å². The minimum atomic E-state index is -3.97. The predicted octanol–water partition coefficient (Wildman–Crippen LogP) is 2.95. The standard InChI is InChI=1S/C27H29N5O6S2/c1-17(2)14-20(30-27(35)38-24-9-8-23(39-24)19-7-3-4-12-29-19)26(34)31-13-10-21-25(31)22(33)16-32(21)40(36,37)18-6-5-11-28-15-18/h3-9,11-12,15,17,20-21,25H,10,13-14,16H2,1-2H3,(H,30,35). The van der Waals surface area contributed by atoms with Gasteiger partial charge in [0, 0.05) is 25.1 Å². The first-order chi connectivity index (χ1) is 19.1. The van der Waals surface area contributed by atoms with Crippen LogP contribution >= 0.6 is 11.3 Å². The molecule has 2 fully saturated rings. The number of fused-ring (bicyclic) bond motifs is 1. The molecule has 11 nitrogen and oxygen atoms in total. The molecule has 210 valence electrons. The van der Waals surface area contributed by atoms with Crippen LogP contribution in [0.4, 0.5) is 4.79 Å². The molecule has 2 amide bonds. The fraction of sp³-hybridized carbons (Fsp3) is 0.370. The van der Waals surface area contributed by atoms with Crippen molar-refractivity contribution in [3.8, 4) is 15.6 Å². The summed E-state index contributed by atoms with van der Waals surface area (Å²) >= 11 is 1.25. The van der Waals surface area contributed by atoms with Gasteiger partial charge in [0.05, 0.1) is 23.2 Å². The molecule has 3 unspecified atom stereocenters. The molecule has 3 aromatic heterocycles. The van der Waals surface area contributed by atoms with Gasteiger partial charge < -0.3 is 15.0 Å². The van der Waals surface area contributed by atoms with E-state index in [2.05, 4.69) is 15.3 Å². The van der Waals surface area contributed by atoms with Crippen LogP contribution in [-0.2, 0) is 19.6 Å². The Hall–Kier alpha value is -3.68. The molecule has 2 aliphatic heterocycles. The summed E-state index contributed by atoms with van der Waals surface area (Å²) in [5, 5.41) is 3.02. The lowest BCUT2D eigenvalue weighted by atomic mass is 10.0. The van der Waals surface area contributed by atoms with Gasteiger partial charge in [0.25, 0.3) is 0 Å². The maximum Gasteiger partial charge on any atom is 0.414 e. The third-order valence-electron chi connectivity index (χ3n) is 6.89. The van der Waals surface area contributed by atoms with Crippen LogP contribution in [0.3, 0.4) is 0 Å². The Morgan fingerprint density at radius 3 is 2.67 bits per heavy atom. The van der Waals surface area contributed by atoms with Crippen LogP contribution in [0.1, 0.15) is 26.7 Å². The number of rotatable bonds is 8. The molecule has 13 heteroatoms.